The lowest BCUT2D eigenvalue weighted by atomic mass is 9.96. The number of carbonyl (C=O) groups is 1. The van der Waals surface area contributed by atoms with Crippen molar-refractivity contribution in [1.82, 2.24) is 4.90 Å². The number of hydrogen-bond donors (Lipinski definition) is 1. The lowest BCUT2D eigenvalue weighted by Gasteiger charge is -2.31. The quantitative estimate of drug-likeness (QED) is 0.871. The topological polar surface area (TPSA) is 40.5 Å². The SMILES string of the molecule is CC1(C)C[C@H](C(=O)O)CN1Cc1ccccc1. The fourth-order valence-electron chi connectivity index (χ4n) is 2.56. The molecule has 0 bridgehead atoms. The Morgan fingerprint density at radius 1 is 1.41 bits per heavy atom. The fourth-order valence-corrected chi connectivity index (χ4v) is 2.56. The highest BCUT2D eigenvalue weighted by Crippen LogP contribution is 2.33. The van der Waals surface area contributed by atoms with Crippen molar-refractivity contribution >= 4 is 5.97 Å². The van der Waals surface area contributed by atoms with E-state index in [4.69, 9.17) is 5.11 Å². The number of likely N-dealkylation sites (tertiary alicyclic amines) is 1. The number of carboxylic acids is 1. The highest BCUT2D eigenvalue weighted by molar-refractivity contribution is 5.71. The van der Waals surface area contributed by atoms with Crippen LogP contribution in [-0.2, 0) is 11.3 Å². The summed E-state index contributed by atoms with van der Waals surface area (Å²) in [7, 11) is 0. The summed E-state index contributed by atoms with van der Waals surface area (Å²) in [6, 6.07) is 10.2. The van der Waals surface area contributed by atoms with Gasteiger partial charge in [0.2, 0.25) is 0 Å². The second-order valence-corrected chi connectivity index (χ2v) is 5.42. The molecule has 92 valence electrons. The first-order valence-corrected chi connectivity index (χ1v) is 6.01. The van der Waals surface area contributed by atoms with Gasteiger partial charge in [0.1, 0.15) is 0 Å². The second-order valence-electron chi connectivity index (χ2n) is 5.42. The van der Waals surface area contributed by atoms with Crippen molar-refractivity contribution in [2.45, 2.75) is 32.4 Å². The molecule has 1 atom stereocenters. The van der Waals surface area contributed by atoms with Crippen LogP contribution in [0.2, 0.25) is 0 Å². The fraction of sp³-hybridized carbons (Fsp3) is 0.500. The van der Waals surface area contributed by atoms with Gasteiger partial charge in [0.05, 0.1) is 5.92 Å². The van der Waals surface area contributed by atoms with Crippen molar-refractivity contribution in [2.24, 2.45) is 5.92 Å². The highest BCUT2D eigenvalue weighted by atomic mass is 16.4. The van der Waals surface area contributed by atoms with Gasteiger partial charge in [-0.1, -0.05) is 30.3 Å². The number of hydrogen-bond acceptors (Lipinski definition) is 2. The van der Waals surface area contributed by atoms with Crippen LogP contribution in [0.5, 0.6) is 0 Å². The van der Waals surface area contributed by atoms with Gasteiger partial charge in [0, 0.05) is 18.6 Å². The molecule has 0 unspecified atom stereocenters. The maximum atomic E-state index is 11.1. The average molecular weight is 233 g/mol. The molecule has 1 fully saturated rings. The van der Waals surface area contributed by atoms with E-state index >= 15 is 0 Å². The molecule has 0 radical (unpaired) electrons. The van der Waals surface area contributed by atoms with Crippen molar-refractivity contribution in [3.63, 3.8) is 0 Å². The molecule has 1 aromatic carbocycles. The molecule has 3 heteroatoms. The molecule has 1 N–H and O–H groups in total. The van der Waals surface area contributed by atoms with Crippen LogP contribution in [0.1, 0.15) is 25.8 Å². The molecule has 0 spiro atoms. The number of aliphatic carboxylic acids is 1. The summed E-state index contributed by atoms with van der Waals surface area (Å²) < 4.78 is 0. The summed E-state index contributed by atoms with van der Waals surface area (Å²) in [6.07, 6.45) is 0.731. The van der Waals surface area contributed by atoms with Gasteiger partial charge in [-0.2, -0.15) is 0 Å². The van der Waals surface area contributed by atoms with Gasteiger partial charge in [0.15, 0.2) is 0 Å². The summed E-state index contributed by atoms with van der Waals surface area (Å²) in [5.41, 5.74) is 1.21. The van der Waals surface area contributed by atoms with E-state index in [0.717, 1.165) is 13.0 Å². The van der Waals surface area contributed by atoms with E-state index in [9.17, 15) is 4.79 Å². The molecule has 0 aliphatic carbocycles. The van der Waals surface area contributed by atoms with Crippen LogP contribution in [-0.4, -0.2) is 28.1 Å². The predicted octanol–water partition coefficient (Wildman–Crippen LogP) is 2.37. The molecule has 1 aliphatic heterocycles. The van der Waals surface area contributed by atoms with E-state index in [-0.39, 0.29) is 11.5 Å². The minimum Gasteiger partial charge on any atom is -0.481 e. The third kappa shape index (κ3) is 2.67. The third-order valence-corrected chi connectivity index (χ3v) is 3.61. The number of nitrogens with zero attached hydrogens (tertiary/aromatic N) is 1. The lowest BCUT2D eigenvalue weighted by Crippen LogP contribution is -2.37. The van der Waals surface area contributed by atoms with Crippen molar-refractivity contribution < 1.29 is 9.90 Å². The zero-order chi connectivity index (χ0) is 12.5. The Morgan fingerprint density at radius 3 is 2.59 bits per heavy atom. The maximum Gasteiger partial charge on any atom is 0.307 e. The molecule has 0 amide bonds. The Labute approximate surface area is 102 Å². The zero-order valence-electron chi connectivity index (χ0n) is 10.4. The first kappa shape index (κ1) is 12.1. The maximum absolute atomic E-state index is 11.1. The summed E-state index contributed by atoms with van der Waals surface area (Å²) in [6.45, 7) is 5.73. The molecule has 2 rings (SSSR count). The third-order valence-electron chi connectivity index (χ3n) is 3.61. The van der Waals surface area contributed by atoms with Crippen LogP contribution >= 0.6 is 0 Å². The van der Waals surface area contributed by atoms with E-state index < -0.39 is 5.97 Å². The summed E-state index contributed by atoms with van der Waals surface area (Å²) >= 11 is 0. The van der Waals surface area contributed by atoms with Crippen LogP contribution in [0.25, 0.3) is 0 Å². The Morgan fingerprint density at radius 2 is 2.06 bits per heavy atom. The largest absolute Gasteiger partial charge is 0.481 e. The summed E-state index contributed by atoms with van der Waals surface area (Å²) in [5, 5.41) is 9.10. The van der Waals surface area contributed by atoms with Crippen molar-refractivity contribution in [1.29, 1.82) is 0 Å². The van der Waals surface area contributed by atoms with Gasteiger partial charge in [-0.25, -0.2) is 0 Å². The average Bonchev–Trinajstić information content (AvgIpc) is 2.56. The Hall–Kier alpha value is -1.35. The minimum absolute atomic E-state index is 0.0289. The standard InChI is InChI=1S/C14H19NO2/c1-14(2)8-12(13(16)17)10-15(14)9-11-6-4-3-5-7-11/h3-7,12H,8-10H2,1-2H3,(H,16,17)/t12-/m0/s1. The number of benzene rings is 1. The number of carboxylic acid groups (broad SMARTS) is 1. The van der Waals surface area contributed by atoms with Crippen LogP contribution in [0.15, 0.2) is 30.3 Å². The first-order chi connectivity index (χ1) is 7.99. The second kappa shape index (κ2) is 4.49. The van der Waals surface area contributed by atoms with E-state index in [1.165, 1.54) is 5.56 Å². The Bertz CT molecular complexity index is 400. The molecule has 0 aromatic heterocycles. The predicted molar refractivity (Wildman–Crippen MR) is 66.7 cm³/mol. The van der Waals surface area contributed by atoms with Crippen LogP contribution in [0, 0.1) is 5.92 Å². The molecule has 1 saturated heterocycles. The van der Waals surface area contributed by atoms with Crippen LogP contribution in [0.3, 0.4) is 0 Å². The molecule has 1 aromatic rings. The zero-order valence-corrected chi connectivity index (χ0v) is 10.4. The van der Waals surface area contributed by atoms with Gasteiger partial charge in [-0.15, -0.1) is 0 Å². The van der Waals surface area contributed by atoms with Crippen LogP contribution < -0.4 is 0 Å². The van der Waals surface area contributed by atoms with E-state index in [0.29, 0.717) is 6.54 Å². The molecule has 1 aliphatic rings. The van der Waals surface area contributed by atoms with Gasteiger partial charge in [-0.05, 0) is 25.8 Å². The van der Waals surface area contributed by atoms with Gasteiger partial charge in [0.25, 0.3) is 0 Å². The van der Waals surface area contributed by atoms with Crippen molar-refractivity contribution in [2.75, 3.05) is 6.54 Å². The number of rotatable bonds is 3. The van der Waals surface area contributed by atoms with Gasteiger partial charge in [-0.3, -0.25) is 9.69 Å². The normalized spacial score (nSPS) is 23.8. The first-order valence-electron chi connectivity index (χ1n) is 6.01. The Kier molecular flexibility index (Phi) is 3.20. The highest BCUT2D eigenvalue weighted by Gasteiger charge is 2.41. The van der Waals surface area contributed by atoms with Gasteiger partial charge >= 0.3 is 5.97 Å². The summed E-state index contributed by atoms with van der Waals surface area (Å²) in [4.78, 5) is 13.3. The molecule has 3 nitrogen and oxygen atoms in total. The molecular formula is C14H19NO2. The van der Waals surface area contributed by atoms with Crippen molar-refractivity contribution in [3.05, 3.63) is 35.9 Å². The Balaban J connectivity index is 2.09. The minimum atomic E-state index is -0.673. The lowest BCUT2D eigenvalue weighted by molar-refractivity contribution is -0.141. The summed E-state index contributed by atoms with van der Waals surface area (Å²) in [5.74, 6) is -0.901. The molecule has 0 saturated carbocycles. The smallest absolute Gasteiger partial charge is 0.307 e. The van der Waals surface area contributed by atoms with E-state index in [1.807, 2.05) is 18.2 Å². The molecular weight excluding hydrogens is 214 g/mol. The molecule has 17 heavy (non-hydrogen) atoms. The van der Waals surface area contributed by atoms with E-state index in [1.54, 1.807) is 0 Å². The monoisotopic (exact) mass is 233 g/mol. The van der Waals surface area contributed by atoms with Crippen molar-refractivity contribution in [3.8, 4) is 0 Å². The van der Waals surface area contributed by atoms with E-state index in [2.05, 4.69) is 30.9 Å². The van der Waals surface area contributed by atoms with Gasteiger partial charge < -0.3 is 5.11 Å². The molecule has 1 heterocycles. The van der Waals surface area contributed by atoms with Crippen LogP contribution in [0.4, 0.5) is 0 Å².